The van der Waals surface area contributed by atoms with E-state index < -0.39 is 11.9 Å². The number of ether oxygens (including phenoxy) is 2. The van der Waals surface area contributed by atoms with Gasteiger partial charge in [-0.25, -0.2) is 0 Å². The molecule has 0 spiro atoms. The van der Waals surface area contributed by atoms with Crippen LogP contribution in [0.15, 0.2) is 69.9 Å². The molecule has 2 aliphatic rings. The number of halogens is 1. The third-order valence-electron chi connectivity index (χ3n) is 5.90. The van der Waals surface area contributed by atoms with Gasteiger partial charge in [-0.15, -0.1) is 0 Å². The normalized spacial score (nSPS) is 16.5. The van der Waals surface area contributed by atoms with Gasteiger partial charge in [0.1, 0.15) is 11.3 Å². The maximum absolute atomic E-state index is 13.5. The number of phenols is 1. The van der Waals surface area contributed by atoms with E-state index >= 15 is 0 Å². The Labute approximate surface area is 192 Å². The van der Waals surface area contributed by atoms with Gasteiger partial charge in [-0.1, -0.05) is 29.8 Å². The maximum atomic E-state index is 13.5. The maximum Gasteiger partial charge on any atom is 0.291 e. The molecule has 0 saturated heterocycles. The number of phenolic OH excluding ortho intramolecular Hbond substituents is 1. The van der Waals surface area contributed by atoms with E-state index in [1.54, 1.807) is 41.3 Å². The second-order valence-electron chi connectivity index (χ2n) is 7.93. The summed E-state index contributed by atoms with van der Waals surface area (Å²) in [5.74, 6) is 0.845. The molecule has 164 valence electrons. The first-order valence-corrected chi connectivity index (χ1v) is 10.6. The summed E-state index contributed by atoms with van der Waals surface area (Å²) in [5, 5.41) is 10.8. The van der Waals surface area contributed by atoms with Crippen molar-refractivity contribution in [1.82, 2.24) is 4.90 Å². The fourth-order valence-electron chi connectivity index (χ4n) is 4.43. The zero-order valence-corrected chi connectivity index (χ0v) is 17.8. The number of rotatable bonds is 3. The van der Waals surface area contributed by atoms with Crippen LogP contribution in [0.5, 0.6) is 17.2 Å². The van der Waals surface area contributed by atoms with E-state index in [1.165, 1.54) is 12.1 Å². The highest BCUT2D eigenvalue weighted by Crippen LogP contribution is 2.41. The van der Waals surface area contributed by atoms with Crippen LogP contribution in [-0.2, 0) is 6.54 Å². The highest BCUT2D eigenvalue weighted by molar-refractivity contribution is 6.31. The molecule has 0 bridgehead atoms. The molecule has 1 aromatic heterocycles. The molecule has 4 aromatic rings. The lowest BCUT2D eigenvalue weighted by Crippen LogP contribution is -2.29. The van der Waals surface area contributed by atoms with Crippen LogP contribution in [0.4, 0.5) is 0 Å². The molecule has 8 heteroatoms. The minimum absolute atomic E-state index is 0.0103. The van der Waals surface area contributed by atoms with Crippen LogP contribution in [0.2, 0.25) is 5.02 Å². The average molecular weight is 462 g/mol. The number of carbonyl (C=O) groups excluding carboxylic acids is 1. The van der Waals surface area contributed by atoms with Crippen LogP contribution in [0.1, 0.15) is 33.3 Å². The van der Waals surface area contributed by atoms with Gasteiger partial charge in [0.25, 0.3) is 5.91 Å². The van der Waals surface area contributed by atoms with Crippen molar-refractivity contribution in [1.29, 1.82) is 0 Å². The third-order valence-corrected chi connectivity index (χ3v) is 6.14. The molecule has 1 atom stereocenters. The first-order chi connectivity index (χ1) is 16.0. The van der Waals surface area contributed by atoms with Crippen molar-refractivity contribution in [2.75, 3.05) is 6.79 Å². The van der Waals surface area contributed by atoms with Crippen molar-refractivity contribution in [3.8, 4) is 17.2 Å². The average Bonchev–Trinajstić information content (AvgIpc) is 3.37. The highest BCUT2D eigenvalue weighted by Gasteiger charge is 2.43. The van der Waals surface area contributed by atoms with E-state index in [0.29, 0.717) is 27.5 Å². The largest absolute Gasteiger partial charge is 0.508 e. The molecule has 0 aliphatic carbocycles. The second-order valence-corrected chi connectivity index (χ2v) is 8.37. The van der Waals surface area contributed by atoms with Crippen molar-refractivity contribution in [2.24, 2.45) is 0 Å². The number of hydrogen-bond acceptors (Lipinski definition) is 6. The molecule has 0 saturated carbocycles. The van der Waals surface area contributed by atoms with Crippen LogP contribution in [0, 0.1) is 0 Å². The molecule has 33 heavy (non-hydrogen) atoms. The molecule has 3 aromatic carbocycles. The van der Waals surface area contributed by atoms with E-state index in [2.05, 4.69) is 0 Å². The van der Waals surface area contributed by atoms with Gasteiger partial charge >= 0.3 is 0 Å². The van der Waals surface area contributed by atoms with Gasteiger partial charge in [0.05, 0.1) is 17.0 Å². The molecular formula is C25H16ClNO6. The van der Waals surface area contributed by atoms with Crippen LogP contribution in [-0.4, -0.2) is 22.7 Å². The second kappa shape index (κ2) is 7.28. The molecule has 1 N–H and O–H groups in total. The number of fused-ring (bicyclic) bond motifs is 3. The van der Waals surface area contributed by atoms with Crippen LogP contribution >= 0.6 is 11.6 Å². The molecule has 1 amide bonds. The fourth-order valence-corrected chi connectivity index (χ4v) is 4.61. The van der Waals surface area contributed by atoms with E-state index in [4.69, 9.17) is 25.5 Å². The van der Waals surface area contributed by atoms with E-state index in [-0.39, 0.29) is 41.4 Å². The quantitative estimate of drug-likeness (QED) is 0.478. The summed E-state index contributed by atoms with van der Waals surface area (Å²) >= 11 is 6.11. The lowest BCUT2D eigenvalue weighted by molar-refractivity contribution is 0.0714. The Morgan fingerprint density at radius 2 is 1.85 bits per heavy atom. The molecule has 7 nitrogen and oxygen atoms in total. The van der Waals surface area contributed by atoms with Gasteiger partial charge in [-0.3, -0.25) is 9.59 Å². The third kappa shape index (κ3) is 3.12. The van der Waals surface area contributed by atoms with Crippen LogP contribution in [0.3, 0.4) is 0 Å². The number of nitrogens with zero attached hydrogens (tertiary/aromatic N) is 1. The summed E-state index contributed by atoms with van der Waals surface area (Å²) in [4.78, 5) is 28.6. The fraction of sp³-hybridized carbons (Fsp3) is 0.120. The van der Waals surface area contributed by atoms with Gasteiger partial charge in [-0.2, -0.15) is 0 Å². The van der Waals surface area contributed by atoms with E-state index in [0.717, 1.165) is 5.56 Å². The Morgan fingerprint density at radius 3 is 2.70 bits per heavy atom. The number of amides is 1. The Kier molecular flexibility index (Phi) is 4.35. The van der Waals surface area contributed by atoms with E-state index in [1.807, 2.05) is 12.1 Å². The first kappa shape index (κ1) is 19.7. The summed E-state index contributed by atoms with van der Waals surface area (Å²) in [6.07, 6.45) is 0. The summed E-state index contributed by atoms with van der Waals surface area (Å²) < 4.78 is 16.8. The summed E-state index contributed by atoms with van der Waals surface area (Å²) in [5.41, 5.74) is 1.57. The van der Waals surface area contributed by atoms with Crippen LogP contribution < -0.4 is 14.9 Å². The standard InChI is InChI=1S/C25H16ClNO6/c26-15-5-7-18-17(10-15)23(29)21-22(14-2-1-3-16(28)9-14)27(25(30)24(21)33-18)11-13-4-6-19-20(8-13)32-12-31-19/h1-10,22,28H,11-12H2. The zero-order valence-electron chi connectivity index (χ0n) is 17.1. The van der Waals surface area contributed by atoms with Crippen molar-refractivity contribution >= 4 is 28.5 Å². The molecule has 2 aliphatic heterocycles. The lowest BCUT2D eigenvalue weighted by atomic mass is 9.98. The van der Waals surface area contributed by atoms with Crippen LogP contribution in [0.25, 0.3) is 11.0 Å². The molecule has 1 unspecified atom stereocenters. The van der Waals surface area contributed by atoms with Gasteiger partial charge in [0.2, 0.25) is 12.6 Å². The first-order valence-electron chi connectivity index (χ1n) is 10.2. The van der Waals surface area contributed by atoms with Crippen molar-refractivity contribution < 1.29 is 23.8 Å². The SMILES string of the molecule is O=C1c2oc3ccc(Cl)cc3c(=O)c2C(c2cccc(O)c2)N1Cc1ccc2c(c1)OCO2. The number of carbonyl (C=O) groups is 1. The smallest absolute Gasteiger partial charge is 0.291 e. The van der Waals surface area contributed by atoms with Crippen molar-refractivity contribution in [2.45, 2.75) is 12.6 Å². The van der Waals surface area contributed by atoms with Gasteiger partial charge in [0.15, 0.2) is 16.9 Å². The minimum Gasteiger partial charge on any atom is -0.508 e. The summed E-state index contributed by atoms with van der Waals surface area (Å²) in [6, 6.07) is 15.9. The number of benzene rings is 3. The topological polar surface area (TPSA) is 89.2 Å². The number of hydrogen-bond donors (Lipinski definition) is 1. The molecule has 6 rings (SSSR count). The minimum atomic E-state index is -0.746. The Bertz CT molecular complexity index is 1510. The predicted molar refractivity (Wildman–Crippen MR) is 120 cm³/mol. The number of aromatic hydroxyl groups is 1. The molecule has 0 fully saturated rings. The van der Waals surface area contributed by atoms with Crippen molar-refractivity contribution in [3.05, 3.63) is 98.4 Å². The Morgan fingerprint density at radius 1 is 1.00 bits per heavy atom. The Balaban J connectivity index is 1.53. The van der Waals surface area contributed by atoms with E-state index in [9.17, 15) is 14.7 Å². The molecule has 3 heterocycles. The highest BCUT2D eigenvalue weighted by atomic mass is 35.5. The summed E-state index contributed by atoms with van der Waals surface area (Å²) in [6.45, 7) is 0.336. The predicted octanol–water partition coefficient (Wildman–Crippen LogP) is 4.63. The van der Waals surface area contributed by atoms with Gasteiger partial charge in [0, 0.05) is 11.6 Å². The van der Waals surface area contributed by atoms with Gasteiger partial charge < -0.3 is 23.9 Å². The Hall–Kier alpha value is -3.97. The lowest BCUT2D eigenvalue weighted by Gasteiger charge is -2.25. The monoisotopic (exact) mass is 461 g/mol. The molecular weight excluding hydrogens is 446 g/mol. The van der Waals surface area contributed by atoms with Gasteiger partial charge in [-0.05, 0) is 53.6 Å². The molecule has 0 radical (unpaired) electrons. The van der Waals surface area contributed by atoms with Crippen molar-refractivity contribution in [3.63, 3.8) is 0 Å². The zero-order chi connectivity index (χ0) is 22.7. The summed E-state index contributed by atoms with van der Waals surface area (Å²) in [7, 11) is 0.